The fraction of sp³-hybridized carbons (Fsp3) is 0.261. The van der Waals surface area contributed by atoms with Gasteiger partial charge in [0.1, 0.15) is 5.82 Å². The predicted molar refractivity (Wildman–Crippen MR) is 113 cm³/mol. The SMILES string of the molecule is CC(C)c1ccc(Nc2ccc(C(=O)N(C)CCc3ccncc3)cn2)cc1. The summed E-state index contributed by atoms with van der Waals surface area (Å²) in [6.07, 6.45) is 5.95. The zero-order valence-electron chi connectivity index (χ0n) is 16.6. The van der Waals surface area contributed by atoms with Crippen LogP contribution in [-0.4, -0.2) is 34.4 Å². The lowest BCUT2D eigenvalue weighted by molar-refractivity contribution is 0.0796. The van der Waals surface area contributed by atoms with Gasteiger partial charge in [-0.25, -0.2) is 4.98 Å². The third-order valence-corrected chi connectivity index (χ3v) is 4.69. The lowest BCUT2D eigenvalue weighted by atomic mass is 10.0. The molecule has 0 aliphatic rings. The lowest BCUT2D eigenvalue weighted by Gasteiger charge is -2.17. The van der Waals surface area contributed by atoms with Gasteiger partial charge in [-0.1, -0.05) is 26.0 Å². The number of likely N-dealkylation sites (N-methyl/N-ethyl adjacent to an activating group) is 1. The van der Waals surface area contributed by atoms with E-state index in [0.29, 0.717) is 23.8 Å². The number of nitrogens with one attached hydrogen (secondary N) is 1. The molecule has 1 amide bonds. The molecule has 0 radical (unpaired) electrons. The van der Waals surface area contributed by atoms with Crippen molar-refractivity contribution in [2.75, 3.05) is 18.9 Å². The highest BCUT2D eigenvalue weighted by molar-refractivity contribution is 5.94. The van der Waals surface area contributed by atoms with E-state index in [1.165, 1.54) is 5.56 Å². The average molecular weight is 374 g/mol. The van der Waals surface area contributed by atoms with Gasteiger partial charge in [0.15, 0.2) is 0 Å². The van der Waals surface area contributed by atoms with Gasteiger partial charge in [-0.15, -0.1) is 0 Å². The van der Waals surface area contributed by atoms with E-state index in [2.05, 4.69) is 41.3 Å². The van der Waals surface area contributed by atoms with Crippen molar-refractivity contribution in [2.45, 2.75) is 26.2 Å². The summed E-state index contributed by atoms with van der Waals surface area (Å²) in [5, 5.41) is 3.27. The molecule has 2 heterocycles. The first-order chi connectivity index (χ1) is 13.5. The van der Waals surface area contributed by atoms with Crippen LogP contribution in [0.3, 0.4) is 0 Å². The lowest BCUT2D eigenvalue weighted by Crippen LogP contribution is -2.28. The van der Waals surface area contributed by atoms with Crippen molar-refractivity contribution in [1.82, 2.24) is 14.9 Å². The summed E-state index contributed by atoms with van der Waals surface area (Å²) in [4.78, 5) is 22.7. The molecule has 144 valence electrons. The van der Waals surface area contributed by atoms with Crippen molar-refractivity contribution >= 4 is 17.4 Å². The molecule has 1 N–H and O–H groups in total. The maximum atomic E-state index is 12.6. The Morgan fingerprint density at radius 3 is 2.36 bits per heavy atom. The molecule has 28 heavy (non-hydrogen) atoms. The van der Waals surface area contributed by atoms with Crippen LogP contribution in [0, 0.1) is 0 Å². The van der Waals surface area contributed by atoms with Crippen LogP contribution in [-0.2, 0) is 6.42 Å². The first kappa shape index (κ1) is 19.5. The average Bonchev–Trinajstić information content (AvgIpc) is 2.73. The fourth-order valence-corrected chi connectivity index (χ4v) is 2.86. The Morgan fingerprint density at radius 1 is 1.04 bits per heavy atom. The smallest absolute Gasteiger partial charge is 0.255 e. The second kappa shape index (κ2) is 9.13. The van der Waals surface area contributed by atoms with Crippen LogP contribution in [0.2, 0.25) is 0 Å². The Bertz CT molecular complexity index is 890. The third-order valence-electron chi connectivity index (χ3n) is 4.69. The zero-order chi connectivity index (χ0) is 19.9. The Morgan fingerprint density at radius 2 is 1.75 bits per heavy atom. The number of anilines is 2. The standard InChI is InChI=1S/C23H26N4O/c1-17(2)19-4-7-21(8-5-19)26-22-9-6-20(16-25-22)23(28)27(3)15-12-18-10-13-24-14-11-18/h4-11,13-14,16-17H,12,15H2,1-3H3,(H,25,26). The van der Waals surface area contributed by atoms with Gasteiger partial charge >= 0.3 is 0 Å². The topological polar surface area (TPSA) is 58.1 Å². The molecule has 0 atom stereocenters. The second-order valence-corrected chi connectivity index (χ2v) is 7.17. The number of hydrogen-bond acceptors (Lipinski definition) is 4. The van der Waals surface area contributed by atoms with Gasteiger partial charge in [-0.2, -0.15) is 0 Å². The summed E-state index contributed by atoms with van der Waals surface area (Å²) in [7, 11) is 1.81. The molecule has 0 fully saturated rings. The van der Waals surface area contributed by atoms with Crippen LogP contribution in [0.1, 0.15) is 41.3 Å². The van der Waals surface area contributed by atoms with Crippen LogP contribution in [0.5, 0.6) is 0 Å². The van der Waals surface area contributed by atoms with Crippen LogP contribution < -0.4 is 5.32 Å². The van der Waals surface area contributed by atoms with E-state index < -0.39 is 0 Å². The Labute approximate surface area is 166 Å². The zero-order valence-corrected chi connectivity index (χ0v) is 16.6. The number of pyridine rings is 2. The molecular formula is C23H26N4O. The molecule has 2 aromatic heterocycles. The van der Waals surface area contributed by atoms with E-state index in [1.807, 2.05) is 43.4 Å². The number of carbonyl (C=O) groups is 1. The number of hydrogen-bond donors (Lipinski definition) is 1. The minimum atomic E-state index is -0.0330. The fourth-order valence-electron chi connectivity index (χ4n) is 2.86. The Balaban J connectivity index is 1.57. The van der Waals surface area contributed by atoms with E-state index in [9.17, 15) is 4.79 Å². The molecule has 1 aromatic carbocycles. The monoisotopic (exact) mass is 374 g/mol. The molecular weight excluding hydrogens is 348 g/mol. The van der Waals surface area contributed by atoms with Gasteiger partial charge in [0.25, 0.3) is 5.91 Å². The molecule has 3 rings (SSSR count). The minimum absolute atomic E-state index is 0.0330. The maximum absolute atomic E-state index is 12.6. The molecule has 3 aromatic rings. The molecule has 0 saturated heterocycles. The first-order valence-electron chi connectivity index (χ1n) is 9.50. The Hall–Kier alpha value is -3.21. The largest absolute Gasteiger partial charge is 0.341 e. The van der Waals surface area contributed by atoms with Gasteiger partial charge in [0.2, 0.25) is 0 Å². The second-order valence-electron chi connectivity index (χ2n) is 7.17. The summed E-state index contributed by atoms with van der Waals surface area (Å²) in [5.74, 6) is 1.19. The summed E-state index contributed by atoms with van der Waals surface area (Å²) in [5.41, 5.74) is 4.02. The first-order valence-corrected chi connectivity index (χ1v) is 9.50. The Kier molecular flexibility index (Phi) is 6.37. The molecule has 0 spiro atoms. The summed E-state index contributed by atoms with van der Waals surface area (Å²) >= 11 is 0. The van der Waals surface area contributed by atoms with Gasteiger partial charge in [0.05, 0.1) is 5.56 Å². The minimum Gasteiger partial charge on any atom is -0.341 e. The molecule has 5 heteroatoms. The van der Waals surface area contributed by atoms with Gasteiger partial charge in [0, 0.05) is 37.9 Å². The molecule has 0 aliphatic heterocycles. The van der Waals surface area contributed by atoms with E-state index in [0.717, 1.165) is 17.7 Å². The highest BCUT2D eigenvalue weighted by atomic mass is 16.2. The molecule has 0 unspecified atom stereocenters. The summed E-state index contributed by atoms with van der Waals surface area (Å²) < 4.78 is 0. The van der Waals surface area contributed by atoms with Crippen LogP contribution in [0.15, 0.2) is 67.1 Å². The number of rotatable bonds is 7. The molecule has 0 bridgehead atoms. The highest BCUT2D eigenvalue weighted by Crippen LogP contribution is 2.20. The highest BCUT2D eigenvalue weighted by Gasteiger charge is 2.12. The van der Waals surface area contributed by atoms with Crippen molar-refractivity contribution in [2.24, 2.45) is 0 Å². The molecule has 5 nitrogen and oxygen atoms in total. The number of aromatic nitrogens is 2. The number of amides is 1. The predicted octanol–water partition coefficient (Wildman–Crippen LogP) is 4.66. The normalized spacial score (nSPS) is 10.7. The van der Waals surface area contributed by atoms with Crippen molar-refractivity contribution in [3.8, 4) is 0 Å². The van der Waals surface area contributed by atoms with Crippen molar-refractivity contribution in [3.63, 3.8) is 0 Å². The van der Waals surface area contributed by atoms with Crippen LogP contribution >= 0.6 is 0 Å². The van der Waals surface area contributed by atoms with Crippen molar-refractivity contribution < 1.29 is 4.79 Å². The summed E-state index contributed by atoms with van der Waals surface area (Å²) in [6, 6.07) is 15.9. The van der Waals surface area contributed by atoms with E-state index in [1.54, 1.807) is 23.5 Å². The van der Waals surface area contributed by atoms with E-state index in [-0.39, 0.29) is 5.91 Å². The summed E-state index contributed by atoms with van der Waals surface area (Å²) in [6.45, 7) is 4.99. The third kappa shape index (κ3) is 5.16. The van der Waals surface area contributed by atoms with Gasteiger partial charge in [-0.05, 0) is 59.9 Å². The van der Waals surface area contributed by atoms with E-state index in [4.69, 9.17) is 0 Å². The van der Waals surface area contributed by atoms with Crippen molar-refractivity contribution in [1.29, 1.82) is 0 Å². The van der Waals surface area contributed by atoms with Gasteiger partial charge in [-0.3, -0.25) is 9.78 Å². The van der Waals surface area contributed by atoms with Crippen LogP contribution in [0.25, 0.3) is 0 Å². The van der Waals surface area contributed by atoms with Crippen molar-refractivity contribution in [3.05, 3.63) is 83.8 Å². The van der Waals surface area contributed by atoms with Gasteiger partial charge < -0.3 is 10.2 Å². The number of benzene rings is 1. The number of nitrogens with zero attached hydrogens (tertiary/aromatic N) is 3. The van der Waals surface area contributed by atoms with E-state index >= 15 is 0 Å². The number of carbonyl (C=O) groups excluding carboxylic acids is 1. The van der Waals surface area contributed by atoms with Crippen LogP contribution in [0.4, 0.5) is 11.5 Å². The quantitative estimate of drug-likeness (QED) is 0.653. The molecule has 0 saturated carbocycles. The molecule has 0 aliphatic carbocycles. The maximum Gasteiger partial charge on any atom is 0.255 e.